The van der Waals surface area contributed by atoms with E-state index >= 15 is 17.6 Å². The lowest BCUT2D eigenvalue weighted by Gasteiger charge is -2.40. The average Bonchev–Trinajstić information content (AvgIpc) is 1.63. The number of fused-ring (bicyclic) bond motifs is 5. The molecule has 93 heavy (non-hydrogen) atoms. The topological polar surface area (TPSA) is 353 Å². The summed E-state index contributed by atoms with van der Waals surface area (Å²) in [4.78, 5) is 153. The lowest BCUT2D eigenvalue weighted by Crippen LogP contribution is -2.57. The first-order chi connectivity index (χ1) is 43.5. The number of esters is 2. The Morgan fingerprint density at radius 3 is 2.09 bits per heavy atom. The number of aliphatic hydroxyl groups excluding tert-OH is 1. The third kappa shape index (κ3) is 15.7. The van der Waals surface area contributed by atoms with Crippen LogP contribution >= 0.6 is 0 Å². The highest BCUT2D eigenvalue weighted by molar-refractivity contribution is 6.15. The van der Waals surface area contributed by atoms with E-state index in [0.29, 0.717) is 32.5 Å². The number of benzene rings is 2. The van der Waals surface area contributed by atoms with Gasteiger partial charge in [0.15, 0.2) is 11.7 Å². The molecule has 1 aliphatic carbocycles. The van der Waals surface area contributed by atoms with Crippen LogP contribution in [-0.2, 0) is 93.7 Å². The maximum atomic E-state index is 15.6. The molecule has 0 saturated heterocycles. The molecule has 8 rings (SSSR count). The largest absolute Gasteiger partial charge is 0.459 e. The van der Waals surface area contributed by atoms with E-state index in [1.165, 1.54) is 45.4 Å². The van der Waals surface area contributed by atoms with Crippen molar-refractivity contribution in [1.29, 1.82) is 0 Å². The first kappa shape index (κ1) is 69.7. The lowest BCUT2D eigenvalue weighted by atomic mass is 9.81. The smallest absolute Gasteiger partial charge is 0.418 e. The van der Waals surface area contributed by atoms with Crippen molar-refractivity contribution in [2.75, 3.05) is 46.5 Å². The summed E-state index contributed by atoms with van der Waals surface area (Å²) in [6.45, 7) is 6.46. The molecule has 7 N–H and O–H groups in total. The Morgan fingerprint density at radius 2 is 1.46 bits per heavy atom. The number of alkyl halides is 3. The van der Waals surface area contributed by atoms with Gasteiger partial charge in [0.05, 0.1) is 55.2 Å². The SMILES string of the molecule is CC[C@@]1(O)C(=O)OCc2c1cc1n(c2=O)Cc2c-1nc1cc(F)c(C)c3c1c2[C@@H](N(C)C(O)[C@@H](OCNC(=O)CNC(=O)[C@H](Cc1ccccc1)NC(=O)CNC(=O)CNC(=O)[C@H](CN(CC(=O)OC(C)(C)C)C(=O)OC(C)(C)C)N1C(=O)C=CC1=O)C(F)(F)F)CC3. The lowest BCUT2D eigenvalue weighted by molar-refractivity contribution is -0.270. The maximum Gasteiger partial charge on any atom is 0.418 e. The number of aryl methyl sites for hydroxylation is 1. The molecule has 8 amide bonds. The molecule has 0 radical (unpaired) electrons. The molecule has 0 bridgehead atoms. The van der Waals surface area contributed by atoms with Crippen molar-refractivity contribution < 1.29 is 94.7 Å². The molecular weight excluding hydrogens is 1230 g/mol. The quantitative estimate of drug-likeness (QED) is 0.0161. The standard InChI is InChI=1S/C62H72F4N10O17/c1-10-61(89)36-21-41-51-34(26-75(41)55(85)35(36)29-90-57(61)87)50-40(17-16-33-31(2)37(63)22-38(72-51)49(33)50)73(9)56(86)52(62(64,65)66)91-30-70-44(78)24-68-53(83)39(20-32-14-12-11-13-15-32)71-45(79)25-67-43(77)23-69-54(84)42(76-46(80)18-19-47(76)81)27-74(58(88)93-60(6,7)8)28-48(82)92-59(3,4)5/h11-15,18-19,21-22,39-40,42,52,56,86,89H,10,16-17,20,23-30H2,1-9H3,(H,67,77)(H,68,83)(H,69,84)(H,70,78)(H,71,79)/t39-,40-,42-,52+,56?,61-/m0/s1. The number of imide groups is 1. The number of carbonyl (C=O) groups is 10. The third-order valence-corrected chi connectivity index (χ3v) is 15.9. The van der Waals surface area contributed by atoms with Gasteiger partial charge in [-0.25, -0.2) is 19.0 Å². The molecule has 0 saturated carbocycles. The molecule has 0 fully saturated rings. The van der Waals surface area contributed by atoms with Crippen molar-refractivity contribution in [3.63, 3.8) is 0 Å². The Morgan fingerprint density at radius 1 is 0.839 bits per heavy atom. The summed E-state index contributed by atoms with van der Waals surface area (Å²) >= 11 is 0. The molecule has 3 aliphatic heterocycles. The Hall–Kier alpha value is -9.20. The highest BCUT2D eigenvalue weighted by Crippen LogP contribution is 2.48. The van der Waals surface area contributed by atoms with Crippen LogP contribution in [0.25, 0.3) is 22.3 Å². The Bertz CT molecular complexity index is 3750. The van der Waals surface area contributed by atoms with Crippen LogP contribution in [0.5, 0.6) is 0 Å². The van der Waals surface area contributed by atoms with E-state index < -0.39 is 170 Å². The van der Waals surface area contributed by atoms with Gasteiger partial charge in [0.25, 0.3) is 17.4 Å². The molecule has 2 aromatic carbocycles. The number of ether oxygens (including phenoxy) is 4. The summed E-state index contributed by atoms with van der Waals surface area (Å²) in [5, 5.41) is 34.8. The van der Waals surface area contributed by atoms with Crippen LogP contribution in [-0.4, -0.2) is 182 Å². The summed E-state index contributed by atoms with van der Waals surface area (Å²) in [7, 11) is 1.21. The van der Waals surface area contributed by atoms with Gasteiger partial charge >= 0.3 is 24.2 Å². The van der Waals surface area contributed by atoms with Gasteiger partial charge in [-0.2, -0.15) is 13.2 Å². The van der Waals surface area contributed by atoms with Gasteiger partial charge < -0.3 is 60.3 Å². The van der Waals surface area contributed by atoms with Crippen LogP contribution in [0.3, 0.4) is 0 Å². The van der Waals surface area contributed by atoms with E-state index in [1.807, 2.05) is 0 Å². The van der Waals surface area contributed by atoms with Crippen molar-refractivity contribution in [1.82, 2.24) is 50.8 Å². The fourth-order valence-electron chi connectivity index (χ4n) is 11.4. The van der Waals surface area contributed by atoms with E-state index in [9.17, 15) is 63.0 Å². The van der Waals surface area contributed by atoms with E-state index in [4.69, 9.17) is 23.9 Å². The molecule has 4 aliphatic rings. The average molecular weight is 1310 g/mol. The zero-order chi connectivity index (χ0) is 68.4. The molecule has 5 heterocycles. The number of halogens is 4. The number of nitrogens with zero attached hydrogens (tertiary/aromatic N) is 5. The minimum absolute atomic E-state index is 0.00211. The molecule has 1 unspecified atom stereocenters. The number of rotatable bonds is 23. The van der Waals surface area contributed by atoms with Crippen molar-refractivity contribution in [3.8, 4) is 11.4 Å². The zero-order valence-electron chi connectivity index (χ0n) is 52.3. The summed E-state index contributed by atoms with van der Waals surface area (Å²) in [6.07, 6.45) is -10.3. The van der Waals surface area contributed by atoms with Gasteiger partial charge in [0.1, 0.15) is 55.2 Å². The molecule has 6 atom stereocenters. The van der Waals surface area contributed by atoms with E-state index in [-0.39, 0.29) is 65.8 Å². The number of likely N-dealkylation sites (N-methyl/N-ethyl adjacent to an activating group) is 1. The van der Waals surface area contributed by atoms with Gasteiger partial charge in [-0.05, 0) is 103 Å². The van der Waals surface area contributed by atoms with Crippen LogP contribution < -0.4 is 32.1 Å². The van der Waals surface area contributed by atoms with Gasteiger partial charge in [0, 0.05) is 47.2 Å². The second-order valence-electron chi connectivity index (χ2n) is 24.7. The number of cyclic esters (lactones) is 1. The number of carbonyl (C=O) groups excluding carboxylic acids is 10. The fourth-order valence-corrected chi connectivity index (χ4v) is 11.4. The van der Waals surface area contributed by atoms with Crippen molar-refractivity contribution in [3.05, 3.63) is 110 Å². The first-order valence-electron chi connectivity index (χ1n) is 29.6. The minimum Gasteiger partial charge on any atom is -0.459 e. The normalized spacial score (nSPS) is 17.9. The number of nitrogens with one attached hydrogen (secondary N) is 5. The van der Waals surface area contributed by atoms with Crippen LogP contribution in [0.15, 0.2) is 59.4 Å². The Kier molecular flexibility index (Phi) is 20.6. The van der Waals surface area contributed by atoms with Crippen LogP contribution in [0.4, 0.5) is 22.4 Å². The first-order valence-corrected chi connectivity index (χ1v) is 29.6. The number of hydrogen-bond donors (Lipinski definition) is 7. The van der Waals surface area contributed by atoms with Crippen molar-refractivity contribution in [2.45, 2.75) is 148 Å². The highest BCUT2D eigenvalue weighted by atomic mass is 19.4. The Labute approximate surface area is 529 Å². The van der Waals surface area contributed by atoms with E-state index in [1.54, 1.807) is 58.0 Å². The van der Waals surface area contributed by atoms with E-state index in [0.717, 1.165) is 28.0 Å². The molecule has 4 aromatic rings. The molecular formula is C62H72F4N10O17. The minimum atomic E-state index is -5.28. The van der Waals surface area contributed by atoms with Crippen LogP contribution in [0.1, 0.15) is 106 Å². The van der Waals surface area contributed by atoms with Crippen molar-refractivity contribution >= 4 is 70.3 Å². The van der Waals surface area contributed by atoms with Gasteiger partial charge in [-0.3, -0.25) is 57.9 Å². The van der Waals surface area contributed by atoms with Gasteiger partial charge in [-0.1, -0.05) is 37.3 Å². The highest BCUT2D eigenvalue weighted by Gasteiger charge is 2.50. The molecule has 2 aromatic heterocycles. The maximum absolute atomic E-state index is 15.6. The Balaban J connectivity index is 0.892. The summed E-state index contributed by atoms with van der Waals surface area (Å²) in [5.74, 6) is -9.56. The number of hydrogen-bond acceptors (Lipinski definition) is 19. The predicted octanol–water partition coefficient (Wildman–Crippen LogP) is 1.73. The van der Waals surface area contributed by atoms with Gasteiger partial charge in [-0.15, -0.1) is 0 Å². The van der Waals surface area contributed by atoms with Crippen LogP contribution in [0.2, 0.25) is 0 Å². The molecule has 500 valence electrons. The molecule has 0 spiro atoms. The zero-order valence-corrected chi connectivity index (χ0v) is 52.3. The molecule has 31 heteroatoms. The number of amides is 8. The predicted molar refractivity (Wildman–Crippen MR) is 318 cm³/mol. The monoisotopic (exact) mass is 1300 g/mol. The van der Waals surface area contributed by atoms with Crippen LogP contribution in [0, 0.1) is 12.7 Å². The van der Waals surface area contributed by atoms with Gasteiger partial charge in [0.2, 0.25) is 29.5 Å². The second kappa shape index (κ2) is 27.6. The fraction of sp³-hybridized carbons (Fsp3) is 0.484. The number of aliphatic hydroxyl groups is 2. The number of aromatic nitrogens is 2. The second-order valence-corrected chi connectivity index (χ2v) is 24.7. The number of pyridine rings is 2. The summed E-state index contributed by atoms with van der Waals surface area (Å²) in [6, 6.07) is 6.43. The summed E-state index contributed by atoms with van der Waals surface area (Å²) < 4.78 is 83.0. The third-order valence-electron chi connectivity index (χ3n) is 15.9. The molecule has 27 nitrogen and oxygen atoms in total. The summed E-state index contributed by atoms with van der Waals surface area (Å²) in [5.41, 5.74) is -2.51. The van der Waals surface area contributed by atoms with E-state index in [2.05, 4.69) is 26.6 Å². The van der Waals surface area contributed by atoms with Crippen molar-refractivity contribution in [2.24, 2.45) is 0 Å².